The first-order valence-electron chi connectivity index (χ1n) is 6.96. The second kappa shape index (κ2) is 5.91. The Balaban J connectivity index is 1.84. The highest BCUT2D eigenvalue weighted by molar-refractivity contribution is 7.88. The van der Waals surface area contributed by atoms with Crippen molar-refractivity contribution in [2.24, 2.45) is 0 Å². The summed E-state index contributed by atoms with van der Waals surface area (Å²) < 4.78 is 26.9. The van der Waals surface area contributed by atoms with Crippen LogP contribution in [0.3, 0.4) is 0 Å². The average Bonchev–Trinajstić information content (AvgIpc) is 2.99. The Morgan fingerprint density at radius 2 is 2.00 bits per heavy atom. The number of hydrogen-bond donors (Lipinski definition) is 0. The van der Waals surface area contributed by atoms with Gasteiger partial charge in [-0.25, -0.2) is 8.42 Å². The van der Waals surface area contributed by atoms with Crippen molar-refractivity contribution < 1.29 is 8.42 Å². The Bertz CT molecular complexity index is 689. The van der Waals surface area contributed by atoms with Crippen LogP contribution in [0.2, 0.25) is 0 Å². The van der Waals surface area contributed by atoms with Crippen LogP contribution in [0.4, 0.5) is 0 Å². The molecule has 0 radical (unpaired) electrons. The molecule has 1 saturated heterocycles. The molecule has 1 aliphatic rings. The SMILES string of the molecule is O=S(=O)(Cc1ccccc1)N1CCC[C@@H]1c1cnccn1. The van der Waals surface area contributed by atoms with Gasteiger partial charge in [-0.15, -0.1) is 0 Å². The molecule has 0 aliphatic carbocycles. The molecule has 0 N–H and O–H groups in total. The molecule has 1 aliphatic heterocycles. The lowest BCUT2D eigenvalue weighted by Gasteiger charge is -2.23. The van der Waals surface area contributed by atoms with E-state index in [2.05, 4.69) is 9.97 Å². The molecule has 1 fully saturated rings. The van der Waals surface area contributed by atoms with Gasteiger partial charge in [-0.3, -0.25) is 9.97 Å². The number of rotatable bonds is 4. The van der Waals surface area contributed by atoms with Crippen molar-refractivity contribution in [3.8, 4) is 0 Å². The molecule has 0 unspecified atom stereocenters. The minimum absolute atomic E-state index is 0.0323. The minimum atomic E-state index is -3.34. The van der Waals surface area contributed by atoms with E-state index in [9.17, 15) is 8.42 Å². The third-order valence-corrected chi connectivity index (χ3v) is 5.53. The van der Waals surface area contributed by atoms with E-state index in [1.165, 1.54) is 0 Å². The Morgan fingerprint density at radius 1 is 1.19 bits per heavy atom. The zero-order valence-corrected chi connectivity index (χ0v) is 12.4. The van der Waals surface area contributed by atoms with Gasteiger partial charge in [0, 0.05) is 18.9 Å². The van der Waals surface area contributed by atoms with Gasteiger partial charge in [0.2, 0.25) is 10.0 Å². The highest BCUT2D eigenvalue weighted by Crippen LogP contribution is 2.33. The maximum absolute atomic E-state index is 12.7. The fourth-order valence-electron chi connectivity index (χ4n) is 2.72. The molecule has 2 aromatic rings. The zero-order valence-electron chi connectivity index (χ0n) is 11.6. The van der Waals surface area contributed by atoms with Crippen molar-refractivity contribution in [3.63, 3.8) is 0 Å². The number of hydrogen-bond acceptors (Lipinski definition) is 4. The topological polar surface area (TPSA) is 63.2 Å². The van der Waals surface area contributed by atoms with Crippen molar-refractivity contribution in [1.29, 1.82) is 0 Å². The average molecular weight is 303 g/mol. The van der Waals surface area contributed by atoms with E-state index in [1.54, 1.807) is 22.9 Å². The Hall–Kier alpha value is -1.79. The number of aromatic nitrogens is 2. The highest BCUT2D eigenvalue weighted by Gasteiger charge is 2.35. The lowest BCUT2D eigenvalue weighted by Crippen LogP contribution is -2.32. The Morgan fingerprint density at radius 3 is 2.71 bits per heavy atom. The summed E-state index contributed by atoms with van der Waals surface area (Å²) in [5.74, 6) is 0.0323. The molecular weight excluding hydrogens is 286 g/mol. The summed E-state index contributed by atoms with van der Waals surface area (Å²) in [5, 5.41) is 0. The van der Waals surface area contributed by atoms with Crippen molar-refractivity contribution >= 4 is 10.0 Å². The fourth-order valence-corrected chi connectivity index (χ4v) is 4.51. The molecule has 3 rings (SSSR count). The van der Waals surface area contributed by atoms with Gasteiger partial charge in [-0.05, 0) is 18.4 Å². The molecule has 0 bridgehead atoms. The predicted octanol–water partition coefficient (Wildman–Crippen LogP) is 2.14. The van der Waals surface area contributed by atoms with E-state index in [0.29, 0.717) is 6.54 Å². The van der Waals surface area contributed by atoms with Gasteiger partial charge in [0.15, 0.2) is 0 Å². The first-order chi connectivity index (χ1) is 10.2. The first kappa shape index (κ1) is 14.2. The monoisotopic (exact) mass is 303 g/mol. The second-order valence-electron chi connectivity index (χ2n) is 5.14. The van der Waals surface area contributed by atoms with Crippen LogP contribution in [0, 0.1) is 0 Å². The molecule has 6 heteroatoms. The molecule has 21 heavy (non-hydrogen) atoms. The number of sulfonamides is 1. The van der Waals surface area contributed by atoms with E-state index in [-0.39, 0.29) is 11.8 Å². The summed E-state index contributed by atoms with van der Waals surface area (Å²) in [6.45, 7) is 0.552. The van der Waals surface area contributed by atoms with Crippen LogP contribution in [0.15, 0.2) is 48.9 Å². The molecule has 110 valence electrons. The summed E-state index contributed by atoms with van der Waals surface area (Å²) in [5.41, 5.74) is 1.54. The van der Waals surface area contributed by atoms with Gasteiger partial charge in [-0.1, -0.05) is 30.3 Å². The van der Waals surface area contributed by atoms with Crippen LogP contribution in [-0.2, 0) is 15.8 Å². The molecule has 0 amide bonds. The second-order valence-corrected chi connectivity index (χ2v) is 7.06. The van der Waals surface area contributed by atoms with E-state index < -0.39 is 10.0 Å². The van der Waals surface area contributed by atoms with Gasteiger partial charge in [0.25, 0.3) is 0 Å². The fraction of sp³-hybridized carbons (Fsp3) is 0.333. The van der Waals surface area contributed by atoms with Crippen LogP contribution in [0.1, 0.15) is 30.1 Å². The minimum Gasteiger partial charge on any atom is -0.261 e. The Kier molecular flexibility index (Phi) is 3.98. The Labute approximate surface area is 124 Å². The number of nitrogens with zero attached hydrogens (tertiary/aromatic N) is 3. The normalized spacial score (nSPS) is 19.7. The van der Waals surface area contributed by atoms with Gasteiger partial charge in [0.1, 0.15) is 0 Å². The maximum atomic E-state index is 12.7. The van der Waals surface area contributed by atoms with E-state index in [0.717, 1.165) is 24.1 Å². The molecule has 0 spiro atoms. The van der Waals surface area contributed by atoms with Gasteiger partial charge >= 0.3 is 0 Å². The first-order valence-corrected chi connectivity index (χ1v) is 8.57. The van der Waals surface area contributed by atoms with Gasteiger partial charge in [-0.2, -0.15) is 4.31 Å². The van der Waals surface area contributed by atoms with E-state index >= 15 is 0 Å². The smallest absolute Gasteiger partial charge is 0.218 e. The molecule has 1 aromatic heterocycles. The quantitative estimate of drug-likeness (QED) is 0.868. The predicted molar refractivity (Wildman–Crippen MR) is 79.8 cm³/mol. The summed E-state index contributed by atoms with van der Waals surface area (Å²) in [7, 11) is -3.34. The summed E-state index contributed by atoms with van der Waals surface area (Å²) in [6, 6.07) is 9.08. The molecule has 0 saturated carbocycles. The van der Waals surface area contributed by atoms with Crippen molar-refractivity contribution in [2.45, 2.75) is 24.6 Å². The van der Waals surface area contributed by atoms with Crippen molar-refractivity contribution in [1.82, 2.24) is 14.3 Å². The summed E-state index contributed by atoms with van der Waals surface area (Å²) in [4.78, 5) is 8.31. The maximum Gasteiger partial charge on any atom is 0.218 e. The molecule has 5 nitrogen and oxygen atoms in total. The number of benzene rings is 1. The van der Waals surface area contributed by atoms with Gasteiger partial charge in [0.05, 0.1) is 23.7 Å². The molecule has 1 atom stereocenters. The molecule has 2 heterocycles. The third kappa shape index (κ3) is 3.11. The lowest BCUT2D eigenvalue weighted by atomic mass is 10.2. The highest BCUT2D eigenvalue weighted by atomic mass is 32.2. The summed E-state index contributed by atoms with van der Waals surface area (Å²) in [6.07, 6.45) is 6.51. The third-order valence-electron chi connectivity index (χ3n) is 3.68. The van der Waals surface area contributed by atoms with Crippen LogP contribution >= 0.6 is 0 Å². The standard InChI is InChI=1S/C15H17N3O2S/c19-21(20,12-13-5-2-1-3-6-13)18-10-4-7-15(18)14-11-16-8-9-17-14/h1-3,5-6,8-9,11,15H,4,7,10,12H2/t15-/m1/s1. The van der Waals surface area contributed by atoms with E-state index in [4.69, 9.17) is 0 Å². The van der Waals surface area contributed by atoms with Crippen molar-refractivity contribution in [3.05, 3.63) is 60.2 Å². The summed E-state index contributed by atoms with van der Waals surface area (Å²) >= 11 is 0. The zero-order chi connectivity index (χ0) is 14.7. The van der Waals surface area contributed by atoms with Crippen LogP contribution in [0.25, 0.3) is 0 Å². The van der Waals surface area contributed by atoms with Crippen LogP contribution in [0.5, 0.6) is 0 Å². The van der Waals surface area contributed by atoms with Crippen molar-refractivity contribution in [2.75, 3.05) is 6.54 Å². The molecular formula is C15H17N3O2S. The lowest BCUT2D eigenvalue weighted by molar-refractivity contribution is 0.389. The van der Waals surface area contributed by atoms with Crippen LogP contribution < -0.4 is 0 Å². The largest absolute Gasteiger partial charge is 0.261 e. The van der Waals surface area contributed by atoms with Gasteiger partial charge < -0.3 is 0 Å². The van der Waals surface area contributed by atoms with E-state index in [1.807, 2.05) is 30.3 Å². The molecule has 1 aromatic carbocycles. The van der Waals surface area contributed by atoms with Crippen LogP contribution in [-0.4, -0.2) is 29.2 Å².